The summed E-state index contributed by atoms with van der Waals surface area (Å²) >= 11 is 0. The van der Waals surface area contributed by atoms with Gasteiger partial charge in [0.1, 0.15) is 5.52 Å². The van der Waals surface area contributed by atoms with Crippen molar-refractivity contribution < 1.29 is 18.9 Å². The zero-order valence-electron chi connectivity index (χ0n) is 14.2. The lowest BCUT2D eigenvalue weighted by Gasteiger charge is -2.22. The van der Waals surface area contributed by atoms with E-state index in [2.05, 4.69) is 4.98 Å². The Morgan fingerprint density at radius 1 is 1.17 bits per heavy atom. The normalized spacial score (nSPS) is 15.5. The van der Waals surface area contributed by atoms with Gasteiger partial charge in [0.2, 0.25) is 5.75 Å². The SMILES string of the molecule is COc1cc2c(=O)n(CC3CCOCC3)cnc2c(OC)c1OC. The van der Waals surface area contributed by atoms with E-state index in [0.717, 1.165) is 26.1 Å². The Kier molecular flexibility index (Phi) is 4.89. The van der Waals surface area contributed by atoms with Crippen LogP contribution in [-0.4, -0.2) is 44.1 Å². The maximum atomic E-state index is 12.9. The minimum atomic E-state index is -0.106. The lowest BCUT2D eigenvalue weighted by Crippen LogP contribution is -2.27. The standard InChI is InChI=1S/C17H22N2O5/c1-21-13-8-12-14(16(23-3)15(13)22-2)18-10-19(17(12)20)9-11-4-6-24-7-5-11/h8,10-11H,4-7,9H2,1-3H3. The van der Waals surface area contributed by atoms with Gasteiger partial charge in [-0.15, -0.1) is 0 Å². The molecular weight excluding hydrogens is 312 g/mol. The zero-order chi connectivity index (χ0) is 17.1. The second-order valence-electron chi connectivity index (χ2n) is 5.80. The van der Waals surface area contributed by atoms with Gasteiger partial charge < -0.3 is 18.9 Å². The predicted octanol–water partition coefficient (Wildman–Crippen LogP) is 1.85. The van der Waals surface area contributed by atoms with E-state index in [1.54, 1.807) is 17.0 Å². The Morgan fingerprint density at radius 3 is 2.50 bits per heavy atom. The summed E-state index contributed by atoms with van der Waals surface area (Å²) < 4.78 is 23.1. The molecule has 1 aliphatic rings. The Balaban J connectivity index is 2.09. The van der Waals surface area contributed by atoms with Gasteiger partial charge in [-0.25, -0.2) is 4.98 Å². The molecule has 7 heteroatoms. The molecule has 3 rings (SSSR count). The minimum absolute atomic E-state index is 0.106. The van der Waals surface area contributed by atoms with Crippen LogP contribution in [0.25, 0.3) is 10.9 Å². The number of hydrogen-bond acceptors (Lipinski definition) is 6. The first kappa shape index (κ1) is 16.6. The van der Waals surface area contributed by atoms with E-state index in [1.165, 1.54) is 21.3 Å². The van der Waals surface area contributed by atoms with E-state index in [1.807, 2.05) is 0 Å². The second-order valence-corrected chi connectivity index (χ2v) is 5.80. The van der Waals surface area contributed by atoms with Gasteiger partial charge in [-0.2, -0.15) is 0 Å². The molecule has 7 nitrogen and oxygen atoms in total. The van der Waals surface area contributed by atoms with E-state index in [9.17, 15) is 4.79 Å². The molecular formula is C17H22N2O5. The first-order chi connectivity index (χ1) is 11.7. The maximum Gasteiger partial charge on any atom is 0.261 e. The highest BCUT2D eigenvalue weighted by Gasteiger charge is 2.21. The topological polar surface area (TPSA) is 71.8 Å². The van der Waals surface area contributed by atoms with Crippen LogP contribution in [0.3, 0.4) is 0 Å². The van der Waals surface area contributed by atoms with E-state index >= 15 is 0 Å². The molecule has 1 aliphatic heterocycles. The van der Waals surface area contributed by atoms with Crippen LogP contribution in [0.4, 0.5) is 0 Å². The highest BCUT2D eigenvalue weighted by Crippen LogP contribution is 2.41. The molecule has 2 aromatic rings. The van der Waals surface area contributed by atoms with Gasteiger partial charge in [0.05, 0.1) is 33.0 Å². The molecule has 1 fully saturated rings. The lowest BCUT2D eigenvalue weighted by molar-refractivity contribution is 0.0609. The third-order valence-corrected chi connectivity index (χ3v) is 4.42. The van der Waals surface area contributed by atoms with Crippen molar-refractivity contribution in [1.82, 2.24) is 9.55 Å². The molecule has 0 radical (unpaired) electrons. The summed E-state index contributed by atoms with van der Waals surface area (Å²) in [5.41, 5.74) is 0.370. The van der Waals surface area contributed by atoms with Crippen molar-refractivity contribution in [3.63, 3.8) is 0 Å². The quantitative estimate of drug-likeness (QED) is 0.831. The number of aromatic nitrogens is 2. The number of nitrogens with zero attached hydrogens (tertiary/aromatic N) is 2. The van der Waals surface area contributed by atoms with Crippen LogP contribution in [0.15, 0.2) is 17.2 Å². The van der Waals surface area contributed by atoms with Crippen molar-refractivity contribution >= 4 is 10.9 Å². The zero-order valence-corrected chi connectivity index (χ0v) is 14.2. The summed E-state index contributed by atoms with van der Waals surface area (Å²) in [6.45, 7) is 2.14. The first-order valence-electron chi connectivity index (χ1n) is 7.95. The highest BCUT2D eigenvalue weighted by atomic mass is 16.5. The van der Waals surface area contributed by atoms with Gasteiger partial charge in [-0.3, -0.25) is 9.36 Å². The molecule has 0 unspecified atom stereocenters. The molecule has 2 heterocycles. The molecule has 130 valence electrons. The van der Waals surface area contributed by atoms with Gasteiger partial charge in [0, 0.05) is 19.8 Å². The third kappa shape index (κ3) is 2.91. The first-order valence-corrected chi connectivity index (χ1v) is 7.95. The van der Waals surface area contributed by atoms with Crippen molar-refractivity contribution in [3.05, 3.63) is 22.7 Å². The van der Waals surface area contributed by atoms with Gasteiger partial charge in [0.15, 0.2) is 11.5 Å². The van der Waals surface area contributed by atoms with Crippen molar-refractivity contribution in [2.75, 3.05) is 34.5 Å². The monoisotopic (exact) mass is 334 g/mol. The molecule has 1 aromatic heterocycles. The number of fused-ring (bicyclic) bond motifs is 1. The molecule has 0 spiro atoms. The highest BCUT2D eigenvalue weighted by molar-refractivity contribution is 5.89. The van der Waals surface area contributed by atoms with Crippen LogP contribution in [0.1, 0.15) is 12.8 Å². The second kappa shape index (κ2) is 7.09. The van der Waals surface area contributed by atoms with Gasteiger partial charge in [-0.1, -0.05) is 0 Å². The van der Waals surface area contributed by atoms with Crippen LogP contribution in [-0.2, 0) is 11.3 Å². The Hall–Kier alpha value is -2.28. The van der Waals surface area contributed by atoms with Crippen LogP contribution in [0.5, 0.6) is 17.2 Å². The van der Waals surface area contributed by atoms with Crippen molar-refractivity contribution in [1.29, 1.82) is 0 Å². The van der Waals surface area contributed by atoms with Gasteiger partial charge in [0.25, 0.3) is 5.56 Å². The van der Waals surface area contributed by atoms with Crippen LogP contribution < -0.4 is 19.8 Å². The predicted molar refractivity (Wildman–Crippen MR) is 89.2 cm³/mol. The molecule has 0 amide bonds. The Labute approximate surface area is 140 Å². The van der Waals surface area contributed by atoms with Crippen LogP contribution in [0.2, 0.25) is 0 Å². The van der Waals surface area contributed by atoms with Crippen molar-refractivity contribution in [2.24, 2.45) is 5.92 Å². The minimum Gasteiger partial charge on any atom is -0.493 e. The summed E-state index contributed by atoms with van der Waals surface area (Å²) in [6, 6.07) is 1.66. The maximum absolute atomic E-state index is 12.9. The van der Waals surface area contributed by atoms with E-state index < -0.39 is 0 Å². The van der Waals surface area contributed by atoms with E-state index in [4.69, 9.17) is 18.9 Å². The van der Waals surface area contributed by atoms with Crippen molar-refractivity contribution in [3.8, 4) is 17.2 Å². The number of benzene rings is 1. The average Bonchev–Trinajstić information content (AvgIpc) is 2.63. The molecule has 0 bridgehead atoms. The third-order valence-electron chi connectivity index (χ3n) is 4.42. The fourth-order valence-corrected chi connectivity index (χ4v) is 3.10. The number of methoxy groups -OCH3 is 3. The lowest BCUT2D eigenvalue weighted by atomic mass is 10.0. The largest absolute Gasteiger partial charge is 0.493 e. The Morgan fingerprint density at radius 2 is 1.88 bits per heavy atom. The fraction of sp³-hybridized carbons (Fsp3) is 0.529. The van der Waals surface area contributed by atoms with Crippen LogP contribution >= 0.6 is 0 Å². The molecule has 0 atom stereocenters. The molecule has 0 aliphatic carbocycles. The molecule has 0 N–H and O–H groups in total. The summed E-state index contributed by atoms with van der Waals surface area (Å²) in [4.78, 5) is 17.3. The van der Waals surface area contributed by atoms with Gasteiger partial charge >= 0.3 is 0 Å². The number of ether oxygens (including phenoxy) is 4. The van der Waals surface area contributed by atoms with Crippen molar-refractivity contribution in [2.45, 2.75) is 19.4 Å². The summed E-state index contributed by atoms with van der Waals surface area (Å²) in [6.07, 6.45) is 3.49. The number of hydrogen-bond donors (Lipinski definition) is 0. The summed E-state index contributed by atoms with van der Waals surface area (Å²) in [5.74, 6) is 1.71. The van der Waals surface area contributed by atoms with Gasteiger partial charge in [-0.05, 0) is 24.8 Å². The molecule has 24 heavy (non-hydrogen) atoms. The molecule has 1 aromatic carbocycles. The smallest absolute Gasteiger partial charge is 0.261 e. The van der Waals surface area contributed by atoms with Crippen LogP contribution in [0, 0.1) is 5.92 Å². The van der Waals surface area contributed by atoms with E-state index in [0.29, 0.717) is 40.6 Å². The molecule has 0 saturated carbocycles. The fourth-order valence-electron chi connectivity index (χ4n) is 3.10. The number of rotatable bonds is 5. The summed E-state index contributed by atoms with van der Waals surface area (Å²) in [5, 5.41) is 0.457. The molecule has 1 saturated heterocycles. The average molecular weight is 334 g/mol. The summed E-state index contributed by atoms with van der Waals surface area (Å²) in [7, 11) is 4.57. The van der Waals surface area contributed by atoms with E-state index in [-0.39, 0.29) is 5.56 Å². The Bertz CT molecular complexity index is 781.